The summed E-state index contributed by atoms with van der Waals surface area (Å²) in [5, 5.41) is 2.90. The number of rotatable bonds is 4. The fourth-order valence-electron chi connectivity index (χ4n) is 4.54. The van der Waals surface area contributed by atoms with Crippen molar-refractivity contribution in [1.82, 2.24) is 19.4 Å². The Hall–Kier alpha value is -2.86. The maximum atomic E-state index is 12.7. The van der Waals surface area contributed by atoms with Crippen LogP contribution in [0.5, 0.6) is 0 Å². The van der Waals surface area contributed by atoms with Gasteiger partial charge >= 0.3 is 22.4 Å². The monoisotopic (exact) mass is 466 g/mol. The van der Waals surface area contributed by atoms with E-state index in [2.05, 4.69) is 5.32 Å². The Balaban J connectivity index is 1.26. The Morgan fingerprint density at radius 1 is 1.09 bits per heavy atom. The fraction of sp³-hybridized carbons (Fsp3) is 0.550. The highest BCUT2D eigenvalue weighted by atomic mass is 32.2. The van der Waals surface area contributed by atoms with E-state index in [1.165, 1.54) is 4.90 Å². The summed E-state index contributed by atoms with van der Waals surface area (Å²) in [6, 6.07) is 7.21. The minimum Gasteiger partial charge on any atom is -0.445 e. The van der Waals surface area contributed by atoms with Crippen molar-refractivity contribution in [3.8, 4) is 0 Å². The molecule has 0 aliphatic carbocycles. The van der Waals surface area contributed by atoms with Gasteiger partial charge in [-0.05, 0) is 31.2 Å². The molecule has 3 heterocycles. The highest BCUT2D eigenvalue weighted by Crippen LogP contribution is 2.35. The van der Waals surface area contributed by atoms with Crippen LogP contribution in [0.25, 0.3) is 0 Å². The minimum atomic E-state index is -4.61. The molecular weight excluding hydrogens is 440 g/mol. The lowest BCUT2D eigenvalue weighted by Gasteiger charge is -2.42. The molecule has 3 atom stereocenters. The van der Waals surface area contributed by atoms with E-state index < -0.39 is 40.4 Å². The Morgan fingerprint density at radius 2 is 1.84 bits per heavy atom. The van der Waals surface area contributed by atoms with Crippen molar-refractivity contribution in [3.63, 3.8) is 0 Å². The molecule has 0 aromatic heterocycles. The molecule has 0 bridgehead atoms. The molecule has 4 rings (SSSR count). The SMILES string of the molecule is O=C(OCc1ccccc1)N1CCCC(NC(=O)N2CCC3C2C(=O)N3S(=O)(=O)O)CC1. The number of benzene rings is 1. The summed E-state index contributed by atoms with van der Waals surface area (Å²) in [5.41, 5.74) is 0.905. The van der Waals surface area contributed by atoms with Gasteiger partial charge in [0.15, 0.2) is 0 Å². The van der Waals surface area contributed by atoms with Gasteiger partial charge in [-0.15, -0.1) is 0 Å². The molecule has 4 amide bonds. The average molecular weight is 467 g/mol. The molecule has 0 saturated carbocycles. The van der Waals surface area contributed by atoms with Crippen LogP contribution in [-0.4, -0.2) is 82.9 Å². The molecular formula is C20H26N4O7S. The number of fused-ring (bicyclic) bond motifs is 1. The molecule has 2 N–H and O–H groups in total. The zero-order chi connectivity index (χ0) is 22.9. The molecule has 3 aliphatic heterocycles. The number of amides is 4. The maximum Gasteiger partial charge on any atom is 0.410 e. The van der Waals surface area contributed by atoms with E-state index >= 15 is 0 Å². The largest absolute Gasteiger partial charge is 0.445 e. The van der Waals surface area contributed by atoms with Crippen molar-refractivity contribution in [2.45, 2.75) is 50.4 Å². The number of hydrogen-bond acceptors (Lipinski definition) is 6. The number of β-lactam (4-membered cyclic amide) rings is 1. The molecule has 3 aliphatic rings. The number of carbonyl (C=O) groups is 3. The zero-order valence-corrected chi connectivity index (χ0v) is 18.2. The number of likely N-dealkylation sites (tertiary alicyclic amines) is 2. The van der Waals surface area contributed by atoms with Crippen molar-refractivity contribution in [2.24, 2.45) is 0 Å². The van der Waals surface area contributed by atoms with Crippen LogP contribution in [0, 0.1) is 0 Å². The predicted octanol–water partition coefficient (Wildman–Crippen LogP) is 0.975. The van der Waals surface area contributed by atoms with Crippen LogP contribution in [-0.2, 0) is 26.4 Å². The Labute approximate surface area is 186 Å². The first kappa shape index (κ1) is 22.3. The molecule has 1 aromatic carbocycles. The van der Waals surface area contributed by atoms with E-state index in [1.807, 2.05) is 30.3 Å². The quantitative estimate of drug-likeness (QED) is 0.498. The number of urea groups is 1. The number of ether oxygens (including phenoxy) is 1. The van der Waals surface area contributed by atoms with Gasteiger partial charge in [-0.2, -0.15) is 8.42 Å². The maximum absolute atomic E-state index is 12.7. The summed E-state index contributed by atoms with van der Waals surface area (Å²) in [4.78, 5) is 40.2. The highest BCUT2D eigenvalue weighted by Gasteiger charge is 2.60. The first-order chi connectivity index (χ1) is 15.3. The molecule has 174 valence electrons. The summed E-state index contributed by atoms with van der Waals surface area (Å²) in [7, 11) is -4.61. The Kier molecular flexibility index (Phi) is 6.24. The smallest absolute Gasteiger partial charge is 0.410 e. The van der Waals surface area contributed by atoms with Crippen LogP contribution < -0.4 is 5.32 Å². The van der Waals surface area contributed by atoms with E-state index in [0.29, 0.717) is 36.7 Å². The molecule has 0 radical (unpaired) electrons. The van der Waals surface area contributed by atoms with Gasteiger partial charge < -0.3 is 19.9 Å². The molecule has 32 heavy (non-hydrogen) atoms. The summed E-state index contributed by atoms with van der Waals surface area (Å²) in [6.07, 6.45) is 1.79. The third-order valence-corrected chi connectivity index (χ3v) is 7.11. The second-order valence-corrected chi connectivity index (χ2v) is 9.50. The lowest BCUT2D eigenvalue weighted by molar-refractivity contribution is -0.143. The van der Waals surface area contributed by atoms with Crippen LogP contribution >= 0.6 is 0 Å². The van der Waals surface area contributed by atoms with Crippen molar-refractivity contribution >= 4 is 28.3 Å². The van der Waals surface area contributed by atoms with Crippen molar-refractivity contribution in [2.75, 3.05) is 19.6 Å². The summed E-state index contributed by atoms with van der Waals surface area (Å²) in [5.74, 6) is -0.793. The predicted molar refractivity (Wildman–Crippen MR) is 112 cm³/mol. The minimum absolute atomic E-state index is 0.179. The van der Waals surface area contributed by atoms with Crippen molar-refractivity contribution in [1.29, 1.82) is 0 Å². The number of nitrogens with one attached hydrogen (secondary N) is 1. The van der Waals surface area contributed by atoms with Gasteiger partial charge in [-0.1, -0.05) is 30.3 Å². The van der Waals surface area contributed by atoms with Gasteiger partial charge in [0.1, 0.15) is 12.6 Å². The molecule has 11 nitrogen and oxygen atoms in total. The normalized spacial score (nSPS) is 25.6. The second kappa shape index (κ2) is 8.94. The fourth-order valence-corrected chi connectivity index (χ4v) is 5.43. The summed E-state index contributed by atoms with van der Waals surface area (Å²) < 4.78 is 37.6. The molecule has 1 aromatic rings. The van der Waals surface area contributed by atoms with Crippen LogP contribution in [0.15, 0.2) is 30.3 Å². The van der Waals surface area contributed by atoms with Crippen molar-refractivity contribution in [3.05, 3.63) is 35.9 Å². The highest BCUT2D eigenvalue weighted by molar-refractivity contribution is 7.84. The van der Waals surface area contributed by atoms with Crippen molar-refractivity contribution < 1.29 is 32.1 Å². The third-order valence-electron chi connectivity index (χ3n) is 6.17. The third kappa shape index (κ3) is 4.51. The molecule has 3 unspecified atom stereocenters. The summed E-state index contributed by atoms with van der Waals surface area (Å²) in [6.45, 7) is 1.38. The second-order valence-electron chi connectivity index (χ2n) is 8.21. The topological polar surface area (TPSA) is 137 Å². The standard InChI is InChI=1S/C20H26N4O7S/c25-18-17-16(24(18)32(28,29)30)9-12-23(17)19(26)21-15-7-4-10-22(11-8-15)20(27)31-13-14-5-2-1-3-6-14/h1-3,5-6,15-17H,4,7-13H2,(H,21,26)(H,28,29,30). The van der Waals surface area contributed by atoms with E-state index in [0.717, 1.165) is 5.56 Å². The summed E-state index contributed by atoms with van der Waals surface area (Å²) >= 11 is 0. The van der Waals surface area contributed by atoms with E-state index in [-0.39, 0.29) is 25.6 Å². The van der Waals surface area contributed by atoms with Crippen LogP contribution in [0.1, 0.15) is 31.2 Å². The average Bonchev–Trinajstić information content (AvgIpc) is 2.96. The van der Waals surface area contributed by atoms with E-state index in [1.54, 1.807) is 4.90 Å². The van der Waals surface area contributed by atoms with Gasteiger partial charge in [0.05, 0.1) is 6.04 Å². The molecule has 12 heteroatoms. The number of hydrogen-bond donors (Lipinski definition) is 2. The van der Waals surface area contributed by atoms with Gasteiger partial charge in [-0.3, -0.25) is 9.35 Å². The van der Waals surface area contributed by atoms with Gasteiger partial charge in [0, 0.05) is 25.7 Å². The Morgan fingerprint density at radius 3 is 2.56 bits per heavy atom. The van der Waals surface area contributed by atoms with Crippen LogP contribution in [0.2, 0.25) is 0 Å². The first-order valence-corrected chi connectivity index (χ1v) is 12.0. The number of nitrogens with zero attached hydrogens (tertiary/aromatic N) is 3. The Bertz CT molecular complexity index is 987. The van der Waals surface area contributed by atoms with Gasteiger partial charge in [-0.25, -0.2) is 13.9 Å². The lowest BCUT2D eigenvalue weighted by atomic mass is 10.0. The molecule has 3 saturated heterocycles. The number of carbonyl (C=O) groups excluding carboxylic acids is 3. The van der Waals surface area contributed by atoms with E-state index in [4.69, 9.17) is 9.29 Å². The molecule has 3 fully saturated rings. The zero-order valence-electron chi connectivity index (χ0n) is 17.4. The van der Waals surface area contributed by atoms with Crippen LogP contribution in [0.4, 0.5) is 9.59 Å². The first-order valence-electron chi connectivity index (χ1n) is 10.6. The lowest BCUT2D eigenvalue weighted by Crippen LogP contribution is -2.69. The van der Waals surface area contributed by atoms with Crippen LogP contribution in [0.3, 0.4) is 0 Å². The van der Waals surface area contributed by atoms with Gasteiger partial charge in [0.2, 0.25) is 0 Å². The van der Waals surface area contributed by atoms with E-state index in [9.17, 15) is 22.8 Å². The van der Waals surface area contributed by atoms with Gasteiger partial charge in [0.25, 0.3) is 5.91 Å². The molecule has 0 spiro atoms.